The summed E-state index contributed by atoms with van der Waals surface area (Å²) < 4.78 is 5.88. The Morgan fingerprint density at radius 3 is 2.84 bits per heavy atom. The lowest BCUT2D eigenvalue weighted by Gasteiger charge is -2.20. The average Bonchev–Trinajstić information content (AvgIpc) is 2.89. The van der Waals surface area contributed by atoms with E-state index < -0.39 is 0 Å². The Hall–Kier alpha value is -1.71. The van der Waals surface area contributed by atoms with Gasteiger partial charge in [-0.3, -0.25) is 4.79 Å². The van der Waals surface area contributed by atoms with Crippen molar-refractivity contribution in [2.45, 2.75) is 38.5 Å². The van der Waals surface area contributed by atoms with E-state index in [0.29, 0.717) is 18.0 Å². The molecule has 1 aliphatic carbocycles. The van der Waals surface area contributed by atoms with Crippen molar-refractivity contribution in [1.82, 2.24) is 0 Å². The van der Waals surface area contributed by atoms with Gasteiger partial charge in [0.05, 0.1) is 12.3 Å². The lowest BCUT2D eigenvalue weighted by molar-refractivity contribution is -0.116. The largest absolute Gasteiger partial charge is 0.491 e. The van der Waals surface area contributed by atoms with Gasteiger partial charge >= 0.3 is 0 Å². The van der Waals surface area contributed by atoms with E-state index in [9.17, 15) is 4.79 Å². The van der Waals surface area contributed by atoms with Crippen LogP contribution in [0.15, 0.2) is 12.1 Å². The first kappa shape index (κ1) is 12.3. The van der Waals surface area contributed by atoms with E-state index in [2.05, 4.69) is 5.32 Å². The van der Waals surface area contributed by atoms with E-state index in [-0.39, 0.29) is 5.91 Å². The summed E-state index contributed by atoms with van der Waals surface area (Å²) in [4.78, 5) is 11.3. The molecule has 1 aromatic rings. The summed E-state index contributed by atoms with van der Waals surface area (Å²) in [6, 6.07) is 3.80. The van der Waals surface area contributed by atoms with Gasteiger partial charge in [0.25, 0.3) is 0 Å². The van der Waals surface area contributed by atoms with Crippen LogP contribution in [0.5, 0.6) is 5.75 Å². The van der Waals surface area contributed by atoms with Crippen molar-refractivity contribution in [2.24, 2.45) is 5.92 Å². The molecule has 1 amide bonds. The van der Waals surface area contributed by atoms with Gasteiger partial charge in [-0.25, -0.2) is 0 Å². The average molecular weight is 260 g/mol. The summed E-state index contributed by atoms with van der Waals surface area (Å²) in [5.41, 5.74) is 8.56. The molecule has 0 saturated heterocycles. The fourth-order valence-corrected chi connectivity index (χ4v) is 2.93. The first-order valence-electron chi connectivity index (χ1n) is 7.07. The smallest absolute Gasteiger partial charge is 0.224 e. The van der Waals surface area contributed by atoms with Gasteiger partial charge in [-0.2, -0.15) is 0 Å². The van der Waals surface area contributed by atoms with Crippen molar-refractivity contribution in [3.8, 4) is 5.75 Å². The number of anilines is 2. The number of rotatable bonds is 3. The van der Waals surface area contributed by atoms with Gasteiger partial charge < -0.3 is 15.8 Å². The number of carbonyl (C=O) groups is 1. The first-order valence-corrected chi connectivity index (χ1v) is 7.07. The minimum atomic E-state index is 0.0616. The predicted octanol–water partition coefficient (Wildman–Crippen LogP) is 2.72. The van der Waals surface area contributed by atoms with E-state index in [1.54, 1.807) is 0 Å². The Morgan fingerprint density at radius 1 is 1.26 bits per heavy atom. The summed E-state index contributed by atoms with van der Waals surface area (Å²) >= 11 is 0. The number of aryl methyl sites for hydroxylation is 1. The molecular weight excluding hydrogens is 240 g/mol. The van der Waals surface area contributed by atoms with E-state index in [1.165, 1.54) is 25.7 Å². The number of hydrogen-bond acceptors (Lipinski definition) is 3. The minimum absolute atomic E-state index is 0.0616. The number of nitrogens with two attached hydrogens (primary N) is 1. The maximum absolute atomic E-state index is 11.3. The second-order valence-electron chi connectivity index (χ2n) is 5.56. The second kappa shape index (κ2) is 5.11. The van der Waals surface area contributed by atoms with Gasteiger partial charge in [0.15, 0.2) is 0 Å². The zero-order valence-corrected chi connectivity index (χ0v) is 11.1. The van der Waals surface area contributed by atoms with Gasteiger partial charge in [0.2, 0.25) is 5.91 Å². The lowest BCUT2D eigenvalue weighted by Crippen LogP contribution is -2.19. The van der Waals surface area contributed by atoms with Crippen LogP contribution in [0.4, 0.5) is 11.4 Å². The van der Waals surface area contributed by atoms with Gasteiger partial charge in [-0.1, -0.05) is 12.8 Å². The number of amides is 1. The Kier molecular flexibility index (Phi) is 3.32. The quantitative estimate of drug-likeness (QED) is 0.821. The third-order valence-corrected chi connectivity index (χ3v) is 4.08. The minimum Gasteiger partial charge on any atom is -0.491 e. The first-order chi connectivity index (χ1) is 9.22. The number of nitrogen functional groups attached to an aromatic ring is 1. The van der Waals surface area contributed by atoms with Crippen LogP contribution in [0, 0.1) is 5.92 Å². The molecule has 19 heavy (non-hydrogen) atoms. The standard InChI is InChI=1S/C15H20N2O2/c16-12-8-13-11(5-6-15(18)17-13)7-14(12)19-9-10-3-1-2-4-10/h7-8,10H,1-6,9,16H2,(H,17,18). The van der Waals surface area contributed by atoms with Crippen LogP contribution in [0.25, 0.3) is 0 Å². The molecule has 0 atom stereocenters. The molecule has 1 aromatic carbocycles. The second-order valence-corrected chi connectivity index (χ2v) is 5.56. The topological polar surface area (TPSA) is 64.3 Å². The van der Waals surface area contributed by atoms with E-state index >= 15 is 0 Å². The molecule has 102 valence electrons. The number of benzene rings is 1. The van der Waals surface area contributed by atoms with Crippen LogP contribution >= 0.6 is 0 Å². The van der Waals surface area contributed by atoms with E-state index in [0.717, 1.165) is 30.0 Å². The number of carbonyl (C=O) groups excluding carboxylic acids is 1. The molecule has 1 heterocycles. The zero-order chi connectivity index (χ0) is 13.2. The number of hydrogen-bond donors (Lipinski definition) is 2. The van der Waals surface area contributed by atoms with Crippen LogP contribution in [0.3, 0.4) is 0 Å². The molecule has 0 radical (unpaired) electrons. The molecule has 3 N–H and O–H groups in total. The fourth-order valence-electron chi connectivity index (χ4n) is 2.93. The molecule has 4 nitrogen and oxygen atoms in total. The van der Waals surface area contributed by atoms with Gasteiger partial charge in [-0.15, -0.1) is 0 Å². The predicted molar refractivity (Wildman–Crippen MR) is 75.3 cm³/mol. The molecule has 1 aliphatic heterocycles. The summed E-state index contributed by atoms with van der Waals surface area (Å²) in [6.45, 7) is 0.759. The van der Waals surface area contributed by atoms with Crippen molar-refractivity contribution in [1.29, 1.82) is 0 Å². The Bertz CT molecular complexity index is 493. The molecule has 3 rings (SSSR count). The molecule has 0 aromatic heterocycles. The fraction of sp³-hybridized carbons (Fsp3) is 0.533. The number of ether oxygens (including phenoxy) is 1. The molecule has 4 heteroatoms. The maximum Gasteiger partial charge on any atom is 0.224 e. The van der Waals surface area contributed by atoms with E-state index in [4.69, 9.17) is 10.5 Å². The van der Waals surface area contributed by atoms with Crippen molar-refractivity contribution in [3.05, 3.63) is 17.7 Å². The molecular formula is C15H20N2O2. The Morgan fingerprint density at radius 2 is 2.05 bits per heavy atom. The molecule has 2 aliphatic rings. The van der Waals surface area contributed by atoms with Gasteiger partial charge in [0.1, 0.15) is 5.75 Å². The van der Waals surface area contributed by atoms with Crippen molar-refractivity contribution >= 4 is 17.3 Å². The van der Waals surface area contributed by atoms with Crippen molar-refractivity contribution in [3.63, 3.8) is 0 Å². The van der Waals surface area contributed by atoms with Crippen LogP contribution in [-0.4, -0.2) is 12.5 Å². The lowest BCUT2D eigenvalue weighted by atomic mass is 10.0. The van der Waals surface area contributed by atoms with Crippen LogP contribution in [-0.2, 0) is 11.2 Å². The van der Waals surface area contributed by atoms with Gasteiger partial charge in [0, 0.05) is 12.1 Å². The van der Waals surface area contributed by atoms with Crippen LogP contribution in [0.1, 0.15) is 37.7 Å². The molecule has 0 bridgehead atoms. The number of fused-ring (bicyclic) bond motifs is 1. The Balaban J connectivity index is 1.72. The monoisotopic (exact) mass is 260 g/mol. The molecule has 1 saturated carbocycles. The van der Waals surface area contributed by atoms with Crippen LogP contribution in [0.2, 0.25) is 0 Å². The maximum atomic E-state index is 11.3. The SMILES string of the molecule is Nc1cc2c(cc1OCC1CCCC1)CCC(=O)N2. The number of nitrogens with one attached hydrogen (secondary N) is 1. The van der Waals surface area contributed by atoms with Crippen molar-refractivity contribution < 1.29 is 9.53 Å². The van der Waals surface area contributed by atoms with Crippen LogP contribution < -0.4 is 15.8 Å². The highest BCUT2D eigenvalue weighted by atomic mass is 16.5. The highest BCUT2D eigenvalue weighted by Gasteiger charge is 2.19. The third-order valence-electron chi connectivity index (χ3n) is 4.08. The zero-order valence-electron chi connectivity index (χ0n) is 11.1. The summed E-state index contributed by atoms with van der Waals surface area (Å²) in [7, 11) is 0. The summed E-state index contributed by atoms with van der Waals surface area (Å²) in [6.07, 6.45) is 6.47. The molecule has 1 fully saturated rings. The highest BCUT2D eigenvalue weighted by molar-refractivity contribution is 5.94. The molecule has 0 unspecified atom stereocenters. The highest BCUT2D eigenvalue weighted by Crippen LogP contribution is 2.33. The van der Waals surface area contributed by atoms with E-state index in [1.807, 2.05) is 12.1 Å². The third kappa shape index (κ3) is 2.67. The summed E-state index contributed by atoms with van der Waals surface area (Å²) in [5, 5.41) is 2.85. The van der Waals surface area contributed by atoms with Gasteiger partial charge in [-0.05, 0) is 42.9 Å². The normalized spacial score (nSPS) is 19.1. The summed E-state index contributed by atoms with van der Waals surface area (Å²) in [5.74, 6) is 1.50. The molecule has 0 spiro atoms. The Labute approximate surface area is 113 Å². The van der Waals surface area contributed by atoms with Crippen molar-refractivity contribution in [2.75, 3.05) is 17.7 Å².